The number of carbonyl (C=O) groups is 2. The number of nitrogens with zero attached hydrogens (tertiary/aromatic N) is 2. The fraction of sp³-hybridized carbons (Fsp3) is 0.343. The van der Waals surface area contributed by atoms with Crippen molar-refractivity contribution in [1.29, 1.82) is 0 Å². The van der Waals surface area contributed by atoms with Crippen molar-refractivity contribution in [2.45, 2.75) is 70.2 Å². The number of pyridine rings is 1. The second-order valence-electron chi connectivity index (χ2n) is 10.8. The van der Waals surface area contributed by atoms with Gasteiger partial charge in [0.25, 0.3) is 15.9 Å². The molecule has 0 aliphatic rings. The monoisotopic (exact) mass is 598 g/mol. The molecule has 8 heteroatoms. The SMILES string of the molecule is C#CC[n+]1c2ccccc2c(C(=O)N(CCCC(=O)NCCCCCCC)S(=O)(=O)c2ccc(C)cc2)c2ccccc21. The second kappa shape index (κ2) is 14.8. The molecule has 0 saturated carbocycles. The van der Waals surface area contributed by atoms with Crippen LogP contribution in [0.25, 0.3) is 21.8 Å². The van der Waals surface area contributed by atoms with Crippen LogP contribution in [0.2, 0.25) is 0 Å². The molecule has 2 amide bonds. The molecule has 0 spiro atoms. The Kier molecular flexibility index (Phi) is 10.9. The van der Waals surface area contributed by atoms with Gasteiger partial charge in [0.05, 0.1) is 21.2 Å². The van der Waals surface area contributed by atoms with E-state index in [4.69, 9.17) is 6.42 Å². The molecular formula is C35H40N3O4S+. The molecule has 0 aliphatic carbocycles. The van der Waals surface area contributed by atoms with Crippen LogP contribution in [0.3, 0.4) is 0 Å². The van der Waals surface area contributed by atoms with Crippen molar-refractivity contribution in [2.75, 3.05) is 13.1 Å². The van der Waals surface area contributed by atoms with E-state index < -0.39 is 15.9 Å². The van der Waals surface area contributed by atoms with Crippen LogP contribution < -0.4 is 9.88 Å². The number of aryl methyl sites for hydroxylation is 1. The minimum absolute atomic E-state index is 0.0231. The highest BCUT2D eigenvalue weighted by molar-refractivity contribution is 7.89. The first-order valence-electron chi connectivity index (χ1n) is 15.0. The Bertz CT molecular complexity index is 1680. The predicted molar refractivity (Wildman–Crippen MR) is 171 cm³/mol. The molecule has 4 aromatic rings. The maximum absolute atomic E-state index is 14.5. The summed E-state index contributed by atoms with van der Waals surface area (Å²) >= 11 is 0. The molecular weight excluding hydrogens is 558 g/mol. The van der Waals surface area contributed by atoms with Gasteiger partial charge in [0.2, 0.25) is 23.5 Å². The number of fused-ring (bicyclic) bond motifs is 2. The Morgan fingerprint density at radius 2 is 1.47 bits per heavy atom. The van der Waals surface area contributed by atoms with Crippen molar-refractivity contribution in [3.8, 4) is 12.3 Å². The van der Waals surface area contributed by atoms with Crippen LogP contribution >= 0.6 is 0 Å². The predicted octanol–water partition coefficient (Wildman–Crippen LogP) is 5.92. The number of unbranched alkanes of at least 4 members (excludes halogenated alkanes) is 4. The number of hydrogen-bond donors (Lipinski definition) is 1. The van der Waals surface area contributed by atoms with Crippen molar-refractivity contribution >= 4 is 43.6 Å². The Labute approximate surface area is 255 Å². The molecule has 0 radical (unpaired) electrons. The number of sulfonamides is 1. The molecule has 0 saturated heterocycles. The van der Waals surface area contributed by atoms with Gasteiger partial charge in [0, 0.05) is 31.6 Å². The number of hydrogen-bond acceptors (Lipinski definition) is 4. The van der Waals surface area contributed by atoms with E-state index in [2.05, 4.69) is 18.2 Å². The Morgan fingerprint density at radius 3 is 2.07 bits per heavy atom. The quantitative estimate of drug-likeness (QED) is 0.0845. The largest absolute Gasteiger partial charge is 0.356 e. The maximum Gasteiger partial charge on any atom is 0.269 e. The van der Waals surface area contributed by atoms with E-state index in [1.807, 2.05) is 60.0 Å². The number of aromatic nitrogens is 1. The minimum atomic E-state index is -4.24. The van der Waals surface area contributed by atoms with Gasteiger partial charge in [-0.3, -0.25) is 9.59 Å². The van der Waals surface area contributed by atoms with E-state index in [-0.39, 0.29) is 42.3 Å². The summed E-state index contributed by atoms with van der Waals surface area (Å²) < 4.78 is 31.0. The van der Waals surface area contributed by atoms with E-state index in [1.54, 1.807) is 12.1 Å². The van der Waals surface area contributed by atoms with Crippen LogP contribution in [-0.2, 0) is 21.4 Å². The minimum Gasteiger partial charge on any atom is -0.356 e. The summed E-state index contributed by atoms with van der Waals surface area (Å²) in [7, 11) is -4.24. The van der Waals surface area contributed by atoms with Crippen LogP contribution in [0.15, 0.2) is 77.7 Å². The summed E-state index contributed by atoms with van der Waals surface area (Å²) in [4.78, 5) is 27.1. The lowest BCUT2D eigenvalue weighted by atomic mass is 10.0. The number of terminal acetylenes is 1. The molecule has 0 unspecified atom stereocenters. The summed E-state index contributed by atoms with van der Waals surface area (Å²) in [6.07, 6.45) is 11.5. The third-order valence-corrected chi connectivity index (χ3v) is 9.39. The number of carbonyl (C=O) groups excluding carboxylic acids is 2. The van der Waals surface area contributed by atoms with Crippen molar-refractivity contribution < 1.29 is 22.6 Å². The van der Waals surface area contributed by atoms with E-state index >= 15 is 0 Å². The number of para-hydroxylation sites is 2. The Hall–Kier alpha value is -4.22. The van der Waals surface area contributed by atoms with E-state index in [9.17, 15) is 18.0 Å². The van der Waals surface area contributed by atoms with Gasteiger partial charge in [-0.15, -0.1) is 6.42 Å². The second-order valence-corrected chi connectivity index (χ2v) is 12.6. The van der Waals surface area contributed by atoms with Gasteiger partial charge in [-0.25, -0.2) is 12.7 Å². The van der Waals surface area contributed by atoms with Gasteiger partial charge in [-0.1, -0.05) is 74.6 Å². The summed E-state index contributed by atoms with van der Waals surface area (Å²) in [5.41, 5.74) is 2.65. The highest BCUT2D eigenvalue weighted by atomic mass is 32.2. The van der Waals surface area contributed by atoms with Gasteiger partial charge >= 0.3 is 0 Å². The molecule has 3 aromatic carbocycles. The third kappa shape index (κ3) is 7.41. The topological polar surface area (TPSA) is 87.4 Å². The molecule has 7 nitrogen and oxygen atoms in total. The first-order valence-corrected chi connectivity index (χ1v) is 16.4. The average Bonchev–Trinajstić information content (AvgIpc) is 3.01. The molecule has 1 heterocycles. The summed E-state index contributed by atoms with van der Waals surface area (Å²) in [6, 6.07) is 21.2. The Balaban J connectivity index is 1.69. The molecule has 0 atom stereocenters. The standard InChI is InChI=1S/C35H39N3O4S/c1-4-6-7-8-13-24-36-33(39)19-14-26-38(43(41,42)28-22-20-27(3)21-23-28)35(40)34-29-15-9-11-17-31(29)37(25-5-2)32-18-12-10-16-30(32)34/h2,9-12,15-18,20-23H,4,6-8,13-14,19,24-26H2,1,3H3/p+1. The zero-order valence-corrected chi connectivity index (χ0v) is 25.8. The van der Waals surface area contributed by atoms with E-state index in [1.165, 1.54) is 18.6 Å². The first-order chi connectivity index (χ1) is 20.8. The molecule has 0 fully saturated rings. The normalized spacial score (nSPS) is 11.4. The van der Waals surface area contributed by atoms with Crippen molar-refractivity contribution in [2.24, 2.45) is 0 Å². The molecule has 224 valence electrons. The first kappa shape index (κ1) is 31.7. The number of benzene rings is 3. The highest BCUT2D eigenvalue weighted by Gasteiger charge is 2.34. The molecule has 1 N–H and O–H groups in total. The highest BCUT2D eigenvalue weighted by Crippen LogP contribution is 2.29. The van der Waals surface area contributed by atoms with Gasteiger partial charge in [-0.05, 0) is 50.0 Å². The van der Waals surface area contributed by atoms with Gasteiger partial charge < -0.3 is 5.32 Å². The summed E-state index contributed by atoms with van der Waals surface area (Å²) in [5, 5.41) is 4.13. The van der Waals surface area contributed by atoms with Gasteiger partial charge in [0.1, 0.15) is 0 Å². The summed E-state index contributed by atoms with van der Waals surface area (Å²) in [6.45, 7) is 4.77. The molecule has 1 aromatic heterocycles. The lowest BCUT2D eigenvalue weighted by molar-refractivity contribution is -0.632. The molecule has 4 rings (SSSR count). The van der Waals surface area contributed by atoms with Crippen molar-refractivity contribution in [1.82, 2.24) is 9.62 Å². The number of rotatable bonds is 14. The average molecular weight is 599 g/mol. The van der Waals surface area contributed by atoms with Gasteiger partial charge in [-0.2, -0.15) is 4.57 Å². The molecule has 0 aliphatic heterocycles. The van der Waals surface area contributed by atoms with Crippen LogP contribution in [0.5, 0.6) is 0 Å². The van der Waals surface area contributed by atoms with Crippen LogP contribution in [0.1, 0.15) is 67.8 Å². The number of amides is 2. The fourth-order valence-electron chi connectivity index (χ4n) is 5.33. The zero-order chi connectivity index (χ0) is 30.8. The lowest BCUT2D eigenvalue weighted by Crippen LogP contribution is -2.40. The molecule has 0 bridgehead atoms. The fourth-order valence-corrected chi connectivity index (χ4v) is 6.74. The maximum atomic E-state index is 14.5. The Morgan fingerprint density at radius 1 is 0.860 bits per heavy atom. The summed E-state index contributed by atoms with van der Waals surface area (Å²) in [5.74, 6) is 1.90. The number of nitrogens with one attached hydrogen (secondary N) is 1. The van der Waals surface area contributed by atoms with E-state index in [0.29, 0.717) is 17.3 Å². The van der Waals surface area contributed by atoms with Crippen molar-refractivity contribution in [3.63, 3.8) is 0 Å². The lowest BCUT2D eigenvalue weighted by Gasteiger charge is -2.24. The third-order valence-electron chi connectivity index (χ3n) is 7.59. The van der Waals surface area contributed by atoms with Gasteiger partial charge in [0.15, 0.2) is 0 Å². The van der Waals surface area contributed by atoms with E-state index in [0.717, 1.165) is 46.6 Å². The van der Waals surface area contributed by atoms with Crippen LogP contribution in [-0.4, -0.2) is 37.6 Å². The van der Waals surface area contributed by atoms with Crippen molar-refractivity contribution in [3.05, 3.63) is 83.9 Å². The van der Waals surface area contributed by atoms with Crippen LogP contribution in [0, 0.1) is 19.3 Å². The smallest absolute Gasteiger partial charge is 0.269 e. The zero-order valence-electron chi connectivity index (χ0n) is 25.0. The van der Waals surface area contributed by atoms with Crippen LogP contribution in [0.4, 0.5) is 0 Å². The molecule has 43 heavy (non-hydrogen) atoms.